The Hall–Kier alpha value is -1.24. The first-order valence-corrected chi connectivity index (χ1v) is 4.24. The van der Waals surface area contributed by atoms with Crippen LogP contribution in [0.25, 0.3) is 6.08 Å². The molecule has 0 aromatic heterocycles. The van der Waals surface area contributed by atoms with Crippen LogP contribution in [-0.4, -0.2) is 5.54 Å². The molecule has 1 aromatic carbocycles. The molecule has 78 valence electrons. The molecule has 0 saturated heterocycles. The molecule has 0 spiro atoms. The summed E-state index contributed by atoms with van der Waals surface area (Å²) in [6, 6.07) is 8.35. The molecule has 1 heterocycles. The van der Waals surface area contributed by atoms with Gasteiger partial charge in [-0.25, -0.2) is 0 Å². The summed E-state index contributed by atoms with van der Waals surface area (Å²) >= 11 is 0. The summed E-state index contributed by atoms with van der Waals surface area (Å²) in [5.41, 5.74) is 2.59. The number of fused-ring (bicyclic) bond motifs is 1. The highest BCUT2D eigenvalue weighted by Crippen LogP contribution is 2.27. The van der Waals surface area contributed by atoms with Crippen molar-refractivity contribution in [3.63, 3.8) is 0 Å². The molecule has 1 heteroatoms. The SMILES string of the molecule is C.C.CC1(C)C=Cc2ccccc2N1. The molecule has 1 N–H and O–H groups in total. The fourth-order valence-electron chi connectivity index (χ4n) is 1.44. The van der Waals surface area contributed by atoms with Crippen molar-refractivity contribution in [2.24, 2.45) is 0 Å². The van der Waals surface area contributed by atoms with Crippen LogP contribution in [-0.2, 0) is 0 Å². The van der Waals surface area contributed by atoms with E-state index in [1.807, 2.05) is 0 Å². The van der Waals surface area contributed by atoms with Gasteiger partial charge in [-0.3, -0.25) is 0 Å². The van der Waals surface area contributed by atoms with Crippen LogP contribution in [0.2, 0.25) is 0 Å². The first-order valence-electron chi connectivity index (χ1n) is 4.24. The Labute approximate surface area is 87.9 Å². The van der Waals surface area contributed by atoms with Gasteiger partial charge in [-0.1, -0.05) is 45.2 Å². The molecule has 0 fully saturated rings. The van der Waals surface area contributed by atoms with Gasteiger partial charge in [0.05, 0.1) is 5.54 Å². The van der Waals surface area contributed by atoms with Gasteiger partial charge in [-0.2, -0.15) is 0 Å². The number of nitrogens with one attached hydrogen (secondary N) is 1. The van der Waals surface area contributed by atoms with Crippen molar-refractivity contribution >= 4 is 11.8 Å². The number of para-hydroxylation sites is 1. The third kappa shape index (κ3) is 2.38. The molecule has 1 aromatic rings. The molecule has 0 amide bonds. The number of anilines is 1. The molecule has 1 aliphatic heterocycles. The van der Waals surface area contributed by atoms with E-state index in [2.05, 4.69) is 55.6 Å². The van der Waals surface area contributed by atoms with Gasteiger partial charge in [-0.05, 0) is 25.5 Å². The van der Waals surface area contributed by atoms with E-state index in [4.69, 9.17) is 0 Å². The van der Waals surface area contributed by atoms with Crippen LogP contribution >= 0.6 is 0 Å². The second-order valence-corrected chi connectivity index (χ2v) is 3.77. The van der Waals surface area contributed by atoms with Crippen LogP contribution in [0.1, 0.15) is 34.3 Å². The second-order valence-electron chi connectivity index (χ2n) is 3.77. The highest BCUT2D eigenvalue weighted by Gasteiger charge is 2.17. The van der Waals surface area contributed by atoms with E-state index < -0.39 is 0 Å². The van der Waals surface area contributed by atoms with Gasteiger partial charge in [0.2, 0.25) is 0 Å². The zero-order chi connectivity index (χ0) is 8.60. The lowest BCUT2D eigenvalue weighted by molar-refractivity contribution is 0.711. The maximum Gasteiger partial charge on any atom is 0.0503 e. The minimum Gasteiger partial charge on any atom is -0.376 e. The van der Waals surface area contributed by atoms with Gasteiger partial charge in [0, 0.05) is 5.69 Å². The molecule has 0 bridgehead atoms. The summed E-state index contributed by atoms with van der Waals surface area (Å²) in [7, 11) is 0. The third-order valence-corrected chi connectivity index (χ3v) is 2.10. The summed E-state index contributed by atoms with van der Waals surface area (Å²) < 4.78 is 0. The Bertz CT molecular complexity index is 324. The zero-order valence-corrected chi connectivity index (χ0v) is 7.46. The Morgan fingerprint density at radius 2 is 1.71 bits per heavy atom. The highest BCUT2D eigenvalue weighted by molar-refractivity contribution is 5.71. The molecular formula is C13H21N. The summed E-state index contributed by atoms with van der Waals surface area (Å²) in [5, 5.41) is 3.45. The van der Waals surface area contributed by atoms with Crippen molar-refractivity contribution in [2.45, 2.75) is 34.2 Å². The van der Waals surface area contributed by atoms with Crippen LogP contribution in [0, 0.1) is 0 Å². The minimum atomic E-state index is 0. The Balaban J connectivity index is 0.000000845. The molecule has 0 aliphatic carbocycles. The van der Waals surface area contributed by atoms with Crippen molar-refractivity contribution < 1.29 is 0 Å². The van der Waals surface area contributed by atoms with Crippen molar-refractivity contribution in [1.29, 1.82) is 0 Å². The summed E-state index contributed by atoms with van der Waals surface area (Å²) in [6.07, 6.45) is 4.36. The van der Waals surface area contributed by atoms with Gasteiger partial charge in [0.15, 0.2) is 0 Å². The van der Waals surface area contributed by atoms with Crippen molar-refractivity contribution in [3.05, 3.63) is 35.9 Å². The molecular weight excluding hydrogens is 170 g/mol. The van der Waals surface area contributed by atoms with Crippen molar-refractivity contribution in [1.82, 2.24) is 0 Å². The van der Waals surface area contributed by atoms with E-state index in [9.17, 15) is 0 Å². The zero-order valence-electron chi connectivity index (χ0n) is 7.46. The summed E-state index contributed by atoms with van der Waals surface area (Å²) in [5.74, 6) is 0. The second kappa shape index (κ2) is 4.32. The third-order valence-electron chi connectivity index (χ3n) is 2.10. The van der Waals surface area contributed by atoms with E-state index in [0.29, 0.717) is 0 Å². The first-order chi connectivity index (χ1) is 5.67. The monoisotopic (exact) mass is 191 g/mol. The maximum absolute atomic E-state index is 3.45. The molecule has 1 nitrogen and oxygen atoms in total. The Kier molecular flexibility index (Phi) is 3.93. The largest absolute Gasteiger partial charge is 0.376 e. The average Bonchev–Trinajstić information content (AvgIpc) is 2.02. The minimum absolute atomic E-state index is 0. The first kappa shape index (κ1) is 12.8. The molecule has 1 aliphatic rings. The number of hydrogen-bond donors (Lipinski definition) is 1. The lowest BCUT2D eigenvalue weighted by Gasteiger charge is -2.28. The highest BCUT2D eigenvalue weighted by atomic mass is 15.0. The van der Waals surface area contributed by atoms with Gasteiger partial charge < -0.3 is 5.32 Å². The van der Waals surface area contributed by atoms with Gasteiger partial charge in [-0.15, -0.1) is 0 Å². The van der Waals surface area contributed by atoms with Crippen LogP contribution in [0.15, 0.2) is 30.3 Å². The van der Waals surface area contributed by atoms with Crippen LogP contribution in [0.5, 0.6) is 0 Å². The van der Waals surface area contributed by atoms with E-state index in [-0.39, 0.29) is 20.4 Å². The van der Waals surface area contributed by atoms with Gasteiger partial charge in [0.25, 0.3) is 0 Å². The molecule has 0 saturated carbocycles. The number of benzene rings is 1. The number of rotatable bonds is 0. The van der Waals surface area contributed by atoms with Crippen LogP contribution < -0.4 is 5.32 Å². The summed E-state index contributed by atoms with van der Waals surface area (Å²) in [6.45, 7) is 4.33. The molecule has 14 heavy (non-hydrogen) atoms. The van der Waals surface area contributed by atoms with E-state index in [1.54, 1.807) is 0 Å². The average molecular weight is 191 g/mol. The predicted octanol–water partition coefficient (Wildman–Crippen LogP) is 4.18. The fraction of sp³-hybridized carbons (Fsp3) is 0.385. The lowest BCUT2D eigenvalue weighted by Crippen LogP contribution is -2.30. The topological polar surface area (TPSA) is 12.0 Å². The molecule has 0 atom stereocenters. The predicted molar refractivity (Wildman–Crippen MR) is 66.6 cm³/mol. The van der Waals surface area contributed by atoms with Crippen LogP contribution in [0.4, 0.5) is 5.69 Å². The smallest absolute Gasteiger partial charge is 0.0503 e. The van der Waals surface area contributed by atoms with E-state index >= 15 is 0 Å². The van der Waals surface area contributed by atoms with Gasteiger partial charge in [0.1, 0.15) is 0 Å². The lowest BCUT2D eigenvalue weighted by atomic mass is 9.97. The molecule has 0 radical (unpaired) electrons. The standard InChI is InChI=1S/C11H13N.2CH4/c1-11(2)8-7-9-5-3-4-6-10(9)12-11;;/h3-8,12H,1-2H3;2*1H4. The van der Waals surface area contributed by atoms with E-state index in [1.165, 1.54) is 11.3 Å². The maximum atomic E-state index is 3.45. The molecule has 0 unspecified atom stereocenters. The quantitative estimate of drug-likeness (QED) is 0.648. The molecule has 2 rings (SSSR count). The van der Waals surface area contributed by atoms with E-state index in [0.717, 1.165) is 0 Å². The Morgan fingerprint density at radius 3 is 2.43 bits per heavy atom. The normalized spacial score (nSPS) is 15.6. The number of hydrogen-bond acceptors (Lipinski definition) is 1. The summed E-state index contributed by atoms with van der Waals surface area (Å²) in [4.78, 5) is 0. The van der Waals surface area contributed by atoms with Crippen molar-refractivity contribution in [3.8, 4) is 0 Å². The Morgan fingerprint density at radius 1 is 1.07 bits per heavy atom. The van der Waals surface area contributed by atoms with Crippen LogP contribution in [0.3, 0.4) is 0 Å². The fourth-order valence-corrected chi connectivity index (χ4v) is 1.44. The van der Waals surface area contributed by atoms with Gasteiger partial charge >= 0.3 is 0 Å². The van der Waals surface area contributed by atoms with Crippen molar-refractivity contribution in [2.75, 3.05) is 5.32 Å².